The fraction of sp³-hybridized carbons (Fsp3) is 0.333. The zero-order valence-electron chi connectivity index (χ0n) is 9.50. The summed E-state index contributed by atoms with van der Waals surface area (Å²) in [5, 5.41) is 9.45. The molecule has 0 saturated carbocycles. The highest BCUT2D eigenvalue weighted by atomic mass is 35.5. The number of hydrogen-bond acceptors (Lipinski definition) is 4. The molecule has 0 aromatic heterocycles. The van der Waals surface area contributed by atoms with Crippen molar-refractivity contribution in [1.82, 2.24) is 0 Å². The van der Waals surface area contributed by atoms with Gasteiger partial charge < -0.3 is 10.5 Å². The Labute approximate surface area is 105 Å². The topological polar surface area (TPSA) is 76.1 Å². The summed E-state index contributed by atoms with van der Waals surface area (Å²) in [4.78, 5) is 11.4. The van der Waals surface area contributed by atoms with Gasteiger partial charge in [-0.25, -0.2) is 0 Å². The lowest BCUT2D eigenvalue weighted by Gasteiger charge is -2.11. The Morgan fingerprint density at radius 3 is 2.76 bits per heavy atom. The van der Waals surface area contributed by atoms with Crippen molar-refractivity contribution in [3.8, 4) is 6.07 Å². The zero-order chi connectivity index (χ0) is 12.8. The molecule has 0 aliphatic carbocycles. The van der Waals surface area contributed by atoms with Crippen LogP contribution in [0.1, 0.15) is 23.6 Å². The molecule has 0 saturated heterocycles. The van der Waals surface area contributed by atoms with Gasteiger partial charge in [0, 0.05) is 11.6 Å². The number of nitrogens with two attached hydrogens (primary N) is 1. The molecule has 1 aromatic rings. The maximum absolute atomic E-state index is 11.4. The predicted molar refractivity (Wildman–Crippen MR) is 64.4 cm³/mol. The number of halogens is 1. The second-order valence-corrected chi connectivity index (χ2v) is 3.76. The minimum atomic E-state index is -0.388. The first-order chi connectivity index (χ1) is 8.13. The lowest BCUT2D eigenvalue weighted by atomic mass is 9.99. The molecule has 0 unspecified atom stereocenters. The maximum atomic E-state index is 11.4. The molecule has 0 atom stereocenters. The highest BCUT2D eigenvalue weighted by Crippen LogP contribution is 2.23. The lowest BCUT2D eigenvalue weighted by Crippen LogP contribution is -2.13. The van der Waals surface area contributed by atoms with Gasteiger partial charge in [0.2, 0.25) is 0 Å². The average Bonchev–Trinajstić information content (AvgIpc) is 2.30. The van der Waals surface area contributed by atoms with Crippen LogP contribution in [0.3, 0.4) is 0 Å². The van der Waals surface area contributed by atoms with Crippen molar-refractivity contribution in [1.29, 1.82) is 5.26 Å². The van der Waals surface area contributed by atoms with Crippen molar-refractivity contribution in [2.24, 2.45) is 5.73 Å². The SMILES string of the molecule is CCOC(=O)Cc1c(C#N)ccc(Cl)c1CN. The summed E-state index contributed by atoms with van der Waals surface area (Å²) in [5.41, 5.74) is 7.16. The van der Waals surface area contributed by atoms with Crippen molar-refractivity contribution in [2.45, 2.75) is 19.9 Å². The molecule has 90 valence electrons. The lowest BCUT2D eigenvalue weighted by molar-refractivity contribution is -0.142. The second kappa shape index (κ2) is 6.24. The van der Waals surface area contributed by atoms with Crippen LogP contribution in [0.25, 0.3) is 0 Å². The normalized spacial score (nSPS) is 9.76. The molecule has 0 radical (unpaired) electrons. The number of rotatable bonds is 4. The summed E-state index contributed by atoms with van der Waals surface area (Å²) in [5.74, 6) is -0.388. The molecule has 0 heterocycles. The third-order valence-electron chi connectivity index (χ3n) is 2.33. The van der Waals surface area contributed by atoms with Gasteiger partial charge in [0.15, 0.2) is 0 Å². The Morgan fingerprint density at radius 1 is 1.53 bits per heavy atom. The van der Waals surface area contributed by atoms with E-state index < -0.39 is 0 Å². The molecule has 17 heavy (non-hydrogen) atoms. The van der Waals surface area contributed by atoms with Gasteiger partial charge in [-0.1, -0.05) is 11.6 Å². The van der Waals surface area contributed by atoms with Crippen molar-refractivity contribution in [2.75, 3.05) is 6.61 Å². The summed E-state index contributed by atoms with van der Waals surface area (Å²) in [6, 6.07) is 5.21. The van der Waals surface area contributed by atoms with Gasteiger partial charge in [0.1, 0.15) is 0 Å². The Morgan fingerprint density at radius 2 is 2.24 bits per heavy atom. The van der Waals surface area contributed by atoms with E-state index in [1.54, 1.807) is 19.1 Å². The number of benzene rings is 1. The van der Waals surface area contributed by atoms with Gasteiger partial charge in [-0.2, -0.15) is 5.26 Å². The third-order valence-corrected chi connectivity index (χ3v) is 2.68. The summed E-state index contributed by atoms with van der Waals surface area (Å²) in [7, 11) is 0. The molecule has 1 aromatic carbocycles. The largest absolute Gasteiger partial charge is 0.466 e. The van der Waals surface area contributed by atoms with E-state index in [1.807, 2.05) is 6.07 Å². The van der Waals surface area contributed by atoms with Crippen molar-refractivity contribution >= 4 is 17.6 Å². The number of ether oxygens (including phenoxy) is 1. The van der Waals surface area contributed by atoms with Gasteiger partial charge >= 0.3 is 5.97 Å². The van der Waals surface area contributed by atoms with Crippen LogP contribution in [-0.4, -0.2) is 12.6 Å². The van der Waals surface area contributed by atoms with Crippen LogP contribution in [0.5, 0.6) is 0 Å². The predicted octanol–water partition coefficient (Wildman–Crippen LogP) is 1.78. The van der Waals surface area contributed by atoms with Gasteiger partial charge in [0.05, 0.1) is 24.7 Å². The Hall–Kier alpha value is -1.57. The van der Waals surface area contributed by atoms with Gasteiger partial charge in [-0.3, -0.25) is 4.79 Å². The van der Waals surface area contributed by atoms with Crippen molar-refractivity contribution < 1.29 is 9.53 Å². The van der Waals surface area contributed by atoms with E-state index in [1.165, 1.54) is 0 Å². The molecule has 5 heteroatoms. The first kappa shape index (κ1) is 13.5. The van der Waals surface area contributed by atoms with Gasteiger partial charge in [0.25, 0.3) is 0 Å². The molecule has 4 nitrogen and oxygen atoms in total. The molecule has 0 fully saturated rings. The summed E-state index contributed by atoms with van der Waals surface area (Å²) in [6.07, 6.45) is 0.0177. The molecule has 0 aliphatic rings. The molecular formula is C12H13ClN2O2. The molecule has 0 bridgehead atoms. The van der Waals surface area contributed by atoms with E-state index in [4.69, 9.17) is 27.3 Å². The number of carbonyl (C=O) groups is 1. The Bertz CT molecular complexity index is 466. The summed E-state index contributed by atoms with van der Waals surface area (Å²) < 4.78 is 4.85. The monoisotopic (exact) mass is 252 g/mol. The summed E-state index contributed by atoms with van der Waals surface area (Å²) in [6.45, 7) is 2.22. The Kier molecular flexibility index (Phi) is 4.95. The number of esters is 1. The van der Waals surface area contributed by atoms with E-state index >= 15 is 0 Å². The van der Waals surface area contributed by atoms with E-state index in [0.29, 0.717) is 28.3 Å². The highest BCUT2D eigenvalue weighted by molar-refractivity contribution is 6.31. The molecule has 2 N–H and O–H groups in total. The fourth-order valence-electron chi connectivity index (χ4n) is 1.55. The smallest absolute Gasteiger partial charge is 0.310 e. The molecule has 0 spiro atoms. The number of nitriles is 1. The van der Waals surface area contributed by atoms with E-state index in [2.05, 4.69) is 0 Å². The highest BCUT2D eigenvalue weighted by Gasteiger charge is 2.15. The number of hydrogen-bond donors (Lipinski definition) is 1. The minimum absolute atomic E-state index is 0.0177. The summed E-state index contributed by atoms with van der Waals surface area (Å²) >= 11 is 5.98. The second-order valence-electron chi connectivity index (χ2n) is 3.35. The molecule has 0 aliphatic heterocycles. The van der Waals surface area contributed by atoms with E-state index in [-0.39, 0.29) is 18.9 Å². The first-order valence-corrected chi connectivity index (χ1v) is 5.57. The van der Waals surface area contributed by atoms with Gasteiger partial charge in [-0.05, 0) is 30.2 Å². The zero-order valence-corrected chi connectivity index (χ0v) is 10.3. The van der Waals surface area contributed by atoms with Crippen LogP contribution in [0.4, 0.5) is 0 Å². The Balaban J connectivity index is 3.15. The fourth-order valence-corrected chi connectivity index (χ4v) is 1.80. The quantitative estimate of drug-likeness (QED) is 0.829. The van der Waals surface area contributed by atoms with E-state index in [0.717, 1.165) is 0 Å². The van der Waals surface area contributed by atoms with Crippen LogP contribution >= 0.6 is 11.6 Å². The average molecular weight is 253 g/mol. The van der Waals surface area contributed by atoms with Crippen LogP contribution in [-0.2, 0) is 22.5 Å². The van der Waals surface area contributed by atoms with Crippen LogP contribution < -0.4 is 5.73 Å². The van der Waals surface area contributed by atoms with Crippen molar-refractivity contribution in [3.63, 3.8) is 0 Å². The molecule has 1 rings (SSSR count). The number of nitrogens with zero attached hydrogens (tertiary/aromatic N) is 1. The standard InChI is InChI=1S/C12H13ClN2O2/c1-2-17-12(16)5-9-8(6-14)3-4-11(13)10(9)7-15/h3-4H,2,5,7,15H2,1H3. The van der Waals surface area contributed by atoms with E-state index in [9.17, 15) is 4.79 Å². The third kappa shape index (κ3) is 3.19. The first-order valence-electron chi connectivity index (χ1n) is 5.20. The van der Waals surface area contributed by atoms with Crippen LogP contribution in [0.2, 0.25) is 5.02 Å². The van der Waals surface area contributed by atoms with Crippen LogP contribution in [0, 0.1) is 11.3 Å². The molecular weight excluding hydrogens is 240 g/mol. The maximum Gasteiger partial charge on any atom is 0.310 e. The minimum Gasteiger partial charge on any atom is -0.466 e. The van der Waals surface area contributed by atoms with Crippen LogP contribution in [0.15, 0.2) is 12.1 Å². The number of carbonyl (C=O) groups excluding carboxylic acids is 1. The van der Waals surface area contributed by atoms with Crippen molar-refractivity contribution in [3.05, 3.63) is 33.8 Å². The molecule has 0 amide bonds. The van der Waals surface area contributed by atoms with Gasteiger partial charge in [-0.15, -0.1) is 0 Å².